The van der Waals surface area contributed by atoms with E-state index in [9.17, 15) is 9.59 Å². The van der Waals surface area contributed by atoms with Gasteiger partial charge in [-0.05, 0) is 48.5 Å². The number of para-hydroxylation sites is 2. The van der Waals surface area contributed by atoms with Gasteiger partial charge in [-0.1, -0.05) is 30.3 Å². The van der Waals surface area contributed by atoms with Crippen molar-refractivity contribution in [2.75, 3.05) is 19.0 Å². The lowest BCUT2D eigenvalue weighted by molar-refractivity contribution is -0.119. The van der Waals surface area contributed by atoms with Gasteiger partial charge in [-0.2, -0.15) is 0 Å². The fourth-order valence-electron chi connectivity index (χ4n) is 2.45. The van der Waals surface area contributed by atoms with E-state index < -0.39 is 18.5 Å². The van der Waals surface area contributed by atoms with Crippen molar-refractivity contribution in [3.05, 3.63) is 84.4 Å². The van der Waals surface area contributed by atoms with Gasteiger partial charge < -0.3 is 19.5 Å². The summed E-state index contributed by atoms with van der Waals surface area (Å²) in [6, 6.07) is 22.9. The Morgan fingerprint density at radius 3 is 2.18 bits per heavy atom. The highest BCUT2D eigenvalue weighted by molar-refractivity contribution is 5.96. The Hall–Kier alpha value is -3.80. The Morgan fingerprint density at radius 2 is 1.46 bits per heavy atom. The Bertz CT molecular complexity index is 939. The highest BCUT2D eigenvalue weighted by Gasteiger charge is 2.14. The van der Waals surface area contributed by atoms with Gasteiger partial charge in [-0.25, -0.2) is 4.79 Å². The average Bonchev–Trinajstić information content (AvgIpc) is 2.74. The number of amides is 1. The van der Waals surface area contributed by atoms with Crippen LogP contribution in [0, 0.1) is 0 Å². The third kappa shape index (κ3) is 5.11. The number of anilines is 1. The molecule has 0 aliphatic heterocycles. The van der Waals surface area contributed by atoms with Gasteiger partial charge in [0, 0.05) is 5.69 Å². The number of ether oxygens (including phenoxy) is 3. The quantitative estimate of drug-likeness (QED) is 0.622. The number of carbonyl (C=O) groups excluding carboxylic acids is 2. The molecule has 0 fully saturated rings. The van der Waals surface area contributed by atoms with Crippen molar-refractivity contribution >= 4 is 17.6 Å². The maximum atomic E-state index is 12.1. The molecule has 0 saturated heterocycles. The highest BCUT2D eigenvalue weighted by atomic mass is 16.5. The second-order valence-corrected chi connectivity index (χ2v) is 5.76. The van der Waals surface area contributed by atoms with E-state index in [1.165, 1.54) is 7.11 Å². The van der Waals surface area contributed by atoms with Gasteiger partial charge in [0.05, 0.1) is 7.11 Å². The number of benzene rings is 3. The van der Waals surface area contributed by atoms with Crippen molar-refractivity contribution in [3.63, 3.8) is 0 Å². The first kappa shape index (κ1) is 19.0. The number of rotatable bonds is 7. The molecule has 0 spiro atoms. The van der Waals surface area contributed by atoms with E-state index in [1.54, 1.807) is 48.5 Å². The lowest BCUT2D eigenvalue weighted by Crippen LogP contribution is -2.21. The van der Waals surface area contributed by atoms with Gasteiger partial charge in [-0.15, -0.1) is 0 Å². The Morgan fingerprint density at radius 1 is 0.821 bits per heavy atom. The summed E-state index contributed by atoms with van der Waals surface area (Å²) in [5.74, 6) is 0.690. The van der Waals surface area contributed by atoms with Gasteiger partial charge in [-0.3, -0.25) is 4.79 Å². The Kier molecular flexibility index (Phi) is 6.25. The largest absolute Gasteiger partial charge is 0.496 e. The van der Waals surface area contributed by atoms with E-state index in [2.05, 4.69) is 5.32 Å². The number of methoxy groups -OCH3 is 1. The van der Waals surface area contributed by atoms with Crippen molar-refractivity contribution in [2.24, 2.45) is 0 Å². The zero-order valence-corrected chi connectivity index (χ0v) is 15.3. The summed E-state index contributed by atoms with van der Waals surface area (Å²) < 4.78 is 15.9. The molecule has 0 aromatic heterocycles. The normalized spacial score (nSPS) is 10.0. The summed E-state index contributed by atoms with van der Waals surface area (Å²) >= 11 is 0. The first-order valence-electron chi connectivity index (χ1n) is 8.58. The summed E-state index contributed by atoms with van der Waals surface area (Å²) in [7, 11) is 1.46. The minimum atomic E-state index is -0.626. The SMILES string of the molecule is COc1ccccc1C(=O)OCC(=O)Nc1ccc(Oc2ccccc2)cc1. The molecule has 3 rings (SSSR count). The van der Waals surface area contributed by atoms with Gasteiger partial charge in [0.25, 0.3) is 5.91 Å². The molecule has 0 atom stereocenters. The Labute approximate surface area is 162 Å². The third-order valence-electron chi connectivity index (χ3n) is 3.78. The van der Waals surface area contributed by atoms with Crippen molar-refractivity contribution in [1.29, 1.82) is 0 Å². The van der Waals surface area contributed by atoms with Crippen molar-refractivity contribution in [1.82, 2.24) is 0 Å². The third-order valence-corrected chi connectivity index (χ3v) is 3.78. The molecular weight excluding hydrogens is 358 g/mol. The van der Waals surface area contributed by atoms with E-state index in [-0.39, 0.29) is 5.56 Å². The molecule has 3 aromatic rings. The van der Waals surface area contributed by atoms with Crippen LogP contribution < -0.4 is 14.8 Å². The van der Waals surface area contributed by atoms with Crippen LogP contribution in [0.5, 0.6) is 17.2 Å². The molecule has 0 unspecified atom stereocenters. The molecule has 0 radical (unpaired) electrons. The number of esters is 1. The molecule has 0 aliphatic carbocycles. The van der Waals surface area contributed by atoms with Gasteiger partial charge >= 0.3 is 5.97 Å². The summed E-state index contributed by atoms with van der Waals surface area (Å²) in [4.78, 5) is 24.1. The zero-order chi connectivity index (χ0) is 19.8. The van der Waals surface area contributed by atoms with E-state index in [1.807, 2.05) is 30.3 Å². The lowest BCUT2D eigenvalue weighted by atomic mass is 10.2. The molecule has 0 bridgehead atoms. The van der Waals surface area contributed by atoms with Crippen LogP contribution in [0.15, 0.2) is 78.9 Å². The molecule has 3 aromatic carbocycles. The van der Waals surface area contributed by atoms with Crippen LogP contribution in [0.2, 0.25) is 0 Å². The molecule has 0 aliphatic rings. The minimum absolute atomic E-state index is 0.264. The average molecular weight is 377 g/mol. The van der Waals surface area contributed by atoms with Crippen LogP contribution in [-0.2, 0) is 9.53 Å². The first-order chi connectivity index (χ1) is 13.7. The molecule has 0 heterocycles. The fraction of sp³-hybridized carbons (Fsp3) is 0.0909. The van der Waals surface area contributed by atoms with Crippen LogP contribution in [-0.4, -0.2) is 25.6 Å². The van der Waals surface area contributed by atoms with Crippen LogP contribution in [0.1, 0.15) is 10.4 Å². The first-order valence-corrected chi connectivity index (χ1v) is 8.58. The fourth-order valence-corrected chi connectivity index (χ4v) is 2.45. The van der Waals surface area contributed by atoms with Crippen LogP contribution in [0.4, 0.5) is 5.69 Å². The number of hydrogen-bond donors (Lipinski definition) is 1. The minimum Gasteiger partial charge on any atom is -0.496 e. The number of nitrogens with one attached hydrogen (secondary N) is 1. The van der Waals surface area contributed by atoms with Crippen molar-refractivity contribution in [2.45, 2.75) is 0 Å². The predicted molar refractivity (Wildman–Crippen MR) is 105 cm³/mol. The van der Waals surface area contributed by atoms with Crippen LogP contribution >= 0.6 is 0 Å². The summed E-state index contributed by atoms with van der Waals surface area (Å²) in [5, 5.41) is 2.67. The molecular formula is C22H19NO5. The summed E-state index contributed by atoms with van der Waals surface area (Å²) in [5.41, 5.74) is 0.832. The van der Waals surface area contributed by atoms with Gasteiger partial charge in [0.15, 0.2) is 6.61 Å². The second kappa shape index (κ2) is 9.23. The van der Waals surface area contributed by atoms with Crippen molar-refractivity contribution in [3.8, 4) is 17.2 Å². The number of carbonyl (C=O) groups is 2. The molecule has 1 amide bonds. The van der Waals surface area contributed by atoms with Gasteiger partial charge in [0.1, 0.15) is 22.8 Å². The lowest BCUT2D eigenvalue weighted by Gasteiger charge is -2.10. The smallest absolute Gasteiger partial charge is 0.342 e. The molecule has 6 heteroatoms. The Balaban J connectivity index is 1.51. The maximum absolute atomic E-state index is 12.1. The van der Waals surface area contributed by atoms with E-state index in [0.717, 1.165) is 5.75 Å². The zero-order valence-electron chi connectivity index (χ0n) is 15.3. The standard InChI is InChI=1S/C22H19NO5/c1-26-20-10-6-5-9-19(20)22(25)27-15-21(24)23-16-11-13-18(14-12-16)28-17-7-3-2-4-8-17/h2-14H,15H2,1H3,(H,23,24). The molecule has 142 valence electrons. The summed E-state index contributed by atoms with van der Waals surface area (Å²) in [6.45, 7) is -0.404. The predicted octanol–water partition coefficient (Wildman–Crippen LogP) is 4.28. The highest BCUT2D eigenvalue weighted by Crippen LogP contribution is 2.22. The van der Waals surface area contributed by atoms with Gasteiger partial charge in [0.2, 0.25) is 0 Å². The van der Waals surface area contributed by atoms with E-state index >= 15 is 0 Å². The van der Waals surface area contributed by atoms with E-state index in [0.29, 0.717) is 17.2 Å². The second-order valence-electron chi connectivity index (χ2n) is 5.76. The maximum Gasteiger partial charge on any atom is 0.342 e. The summed E-state index contributed by atoms with van der Waals surface area (Å²) in [6.07, 6.45) is 0. The van der Waals surface area contributed by atoms with Crippen LogP contribution in [0.25, 0.3) is 0 Å². The monoisotopic (exact) mass is 377 g/mol. The molecule has 6 nitrogen and oxygen atoms in total. The van der Waals surface area contributed by atoms with E-state index in [4.69, 9.17) is 14.2 Å². The molecule has 28 heavy (non-hydrogen) atoms. The topological polar surface area (TPSA) is 73.9 Å². The van der Waals surface area contributed by atoms with Crippen LogP contribution in [0.3, 0.4) is 0 Å². The molecule has 1 N–H and O–H groups in total. The van der Waals surface area contributed by atoms with Crippen molar-refractivity contribution < 1.29 is 23.8 Å². The molecule has 0 saturated carbocycles. The number of hydrogen-bond acceptors (Lipinski definition) is 5.